The predicted molar refractivity (Wildman–Crippen MR) is 139 cm³/mol. The minimum atomic E-state index is -3.82. The van der Waals surface area contributed by atoms with Crippen LogP contribution in [0.4, 0.5) is 5.69 Å². The van der Waals surface area contributed by atoms with Crippen molar-refractivity contribution in [3.63, 3.8) is 0 Å². The Bertz CT molecular complexity index is 1110. The van der Waals surface area contributed by atoms with Crippen molar-refractivity contribution in [3.8, 4) is 5.75 Å². The number of methoxy groups -OCH3 is 1. The first-order valence-corrected chi connectivity index (χ1v) is 13.8. The third kappa shape index (κ3) is 8.14. The quantitative estimate of drug-likeness (QED) is 0.402. The Hall–Kier alpha value is -2.78. The largest absolute Gasteiger partial charge is 0.497 e. The lowest BCUT2D eigenvalue weighted by Gasteiger charge is -2.33. The fourth-order valence-corrected chi connectivity index (χ4v) is 4.65. The van der Waals surface area contributed by atoms with E-state index in [2.05, 4.69) is 5.32 Å². The highest BCUT2D eigenvalue weighted by Gasteiger charge is 2.32. The molecule has 35 heavy (non-hydrogen) atoms. The summed E-state index contributed by atoms with van der Waals surface area (Å²) in [4.78, 5) is 28.1. The molecule has 0 aliphatic rings. The van der Waals surface area contributed by atoms with Gasteiger partial charge in [0.2, 0.25) is 21.8 Å². The molecule has 2 rings (SSSR count). The molecular formula is C25H34ClN3O5S. The highest BCUT2D eigenvalue weighted by Crippen LogP contribution is 2.25. The second-order valence-corrected chi connectivity index (χ2v) is 10.5. The molecule has 0 radical (unpaired) electrons. The molecule has 0 saturated carbocycles. The topological polar surface area (TPSA) is 96.0 Å². The molecule has 0 spiro atoms. The van der Waals surface area contributed by atoms with Crippen LogP contribution in [0, 0.1) is 0 Å². The van der Waals surface area contributed by atoms with Gasteiger partial charge in [0.05, 0.1) is 19.1 Å². The van der Waals surface area contributed by atoms with Gasteiger partial charge in [0.25, 0.3) is 0 Å². The van der Waals surface area contributed by atoms with Crippen LogP contribution < -0.4 is 14.4 Å². The number of amides is 2. The Morgan fingerprint density at radius 2 is 1.83 bits per heavy atom. The summed E-state index contributed by atoms with van der Waals surface area (Å²) in [5.74, 6) is -0.345. The summed E-state index contributed by atoms with van der Waals surface area (Å²) < 4.78 is 31.6. The lowest BCUT2D eigenvalue weighted by molar-refractivity contribution is -0.140. The number of ether oxygens (including phenoxy) is 1. The molecule has 2 amide bonds. The highest BCUT2D eigenvalue weighted by molar-refractivity contribution is 7.92. The molecule has 0 aliphatic heterocycles. The van der Waals surface area contributed by atoms with Crippen LogP contribution in [0.5, 0.6) is 5.75 Å². The molecule has 8 nitrogen and oxygen atoms in total. The number of benzene rings is 2. The van der Waals surface area contributed by atoms with Crippen LogP contribution in [-0.4, -0.2) is 57.6 Å². The number of nitrogens with one attached hydrogen (secondary N) is 1. The van der Waals surface area contributed by atoms with E-state index in [9.17, 15) is 18.0 Å². The zero-order valence-electron chi connectivity index (χ0n) is 20.7. The SMILES string of the molecule is CCCCNC(=O)[C@@H](CC)N(Cc1ccccc1Cl)C(=O)CN(c1cccc(OC)c1)S(C)(=O)=O. The van der Waals surface area contributed by atoms with Crippen LogP contribution in [-0.2, 0) is 26.2 Å². The molecular weight excluding hydrogens is 490 g/mol. The Balaban J connectivity index is 2.43. The van der Waals surface area contributed by atoms with Crippen molar-refractivity contribution in [2.24, 2.45) is 0 Å². The van der Waals surface area contributed by atoms with Crippen molar-refractivity contribution in [1.82, 2.24) is 10.2 Å². The van der Waals surface area contributed by atoms with E-state index < -0.39 is 28.5 Å². The Kier molecular flexibility index (Phi) is 10.9. The van der Waals surface area contributed by atoms with Gasteiger partial charge in [-0.1, -0.05) is 56.1 Å². The minimum absolute atomic E-state index is 0.0634. The van der Waals surface area contributed by atoms with Gasteiger partial charge in [0, 0.05) is 24.2 Å². The van der Waals surface area contributed by atoms with E-state index in [1.54, 1.807) is 48.5 Å². The van der Waals surface area contributed by atoms with E-state index in [1.165, 1.54) is 12.0 Å². The zero-order chi connectivity index (χ0) is 26.0. The van der Waals surface area contributed by atoms with Crippen LogP contribution in [0.2, 0.25) is 5.02 Å². The van der Waals surface area contributed by atoms with Crippen LogP contribution >= 0.6 is 11.6 Å². The van der Waals surface area contributed by atoms with Gasteiger partial charge in [0.1, 0.15) is 18.3 Å². The maximum atomic E-state index is 13.6. The summed E-state index contributed by atoms with van der Waals surface area (Å²) >= 11 is 6.35. The summed E-state index contributed by atoms with van der Waals surface area (Å²) in [5.41, 5.74) is 0.952. The van der Waals surface area contributed by atoms with Crippen molar-refractivity contribution in [2.45, 2.75) is 45.7 Å². The third-order valence-corrected chi connectivity index (χ3v) is 7.04. The van der Waals surface area contributed by atoms with Crippen molar-refractivity contribution in [2.75, 3.05) is 30.8 Å². The smallest absolute Gasteiger partial charge is 0.244 e. The molecule has 10 heteroatoms. The first-order valence-electron chi connectivity index (χ1n) is 11.5. The Morgan fingerprint density at radius 3 is 2.43 bits per heavy atom. The van der Waals surface area contributed by atoms with Crippen LogP contribution in [0.25, 0.3) is 0 Å². The van der Waals surface area contributed by atoms with E-state index in [4.69, 9.17) is 16.3 Å². The summed E-state index contributed by atoms with van der Waals surface area (Å²) in [6.45, 7) is 3.92. The molecule has 0 fully saturated rings. The van der Waals surface area contributed by atoms with Gasteiger partial charge in [-0.05, 0) is 36.6 Å². The maximum Gasteiger partial charge on any atom is 0.244 e. The molecule has 0 bridgehead atoms. The number of hydrogen-bond donors (Lipinski definition) is 1. The van der Waals surface area contributed by atoms with Crippen molar-refractivity contribution in [3.05, 3.63) is 59.1 Å². The van der Waals surface area contributed by atoms with E-state index in [1.807, 2.05) is 13.8 Å². The number of nitrogens with zero attached hydrogens (tertiary/aromatic N) is 2. The number of carbonyl (C=O) groups excluding carboxylic acids is 2. The minimum Gasteiger partial charge on any atom is -0.497 e. The standard InChI is InChI=1S/C25H34ClN3O5S/c1-5-7-15-27-25(31)23(6-2)28(17-19-11-8-9-14-22(19)26)24(30)18-29(35(4,32)33)20-12-10-13-21(16-20)34-3/h8-14,16,23H,5-7,15,17-18H2,1-4H3,(H,27,31)/t23-/m1/s1. The second kappa shape index (κ2) is 13.3. The monoisotopic (exact) mass is 523 g/mol. The summed E-state index contributed by atoms with van der Waals surface area (Å²) in [7, 11) is -2.34. The summed E-state index contributed by atoms with van der Waals surface area (Å²) in [5, 5.41) is 3.34. The van der Waals surface area contributed by atoms with Gasteiger partial charge < -0.3 is 15.0 Å². The number of hydrogen-bond acceptors (Lipinski definition) is 5. The van der Waals surface area contributed by atoms with E-state index in [-0.39, 0.29) is 12.5 Å². The van der Waals surface area contributed by atoms with E-state index in [0.717, 1.165) is 23.4 Å². The average molecular weight is 524 g/mol. The number of anilines is 1. The second-order valence-electron chi connectivity index (χ2n) is 8.15. The normalized spacial score (nSPS) is 12.0. The van der Waals surface area contributed by atoms with E-state index in [0.29, 0.717) is 35.0 Å². The van der Waals surface area contributed by atoms with Crippen LogP contribution in [0.15, 0.2) is 48.5 Å². The van der Waals surface area contributed by atoms with Crippen LogP contribution in [0.3, 0.4) is 0 Å². The Morgan fingerprint density at radius 1 is 1.11 bits per heavy atom. The lowest BCUT2D eigenvalue weighted by atomic mass is 10.1. The predicted octanol–water partition coefficient (Wildman–Crippen LogP) is 3.84. The average Bonchev–Trinajstić information content (AvgIpc) is 2.82. The molecule has 0 aromatic heterocycles. The third-order valence-electron chi connectivity index (χ3n) is 5.53. The summed E-state index contributed by atoms with van der Waals surface area (Å²) in [6, 6.07) is 12.7. The van der Waals surface area contributed by atoms with Gasteiger partial charge in [-0.3, -0.25) is 13.9 Å². The van der Waals surface area contributed by atoms with Gasteiger partial charge in [-0.2, -0.15) is 0 Å². The molecule has 2 aromatic carbocycles. The van der Waals surface area contributed by atoms with Gasteiger partial charge >= 0.3 is 0 Å². The number of halogens is 1. The Labute approximate surface area is 213 Å². The van der Waals surface area contributed by atoms with Crippen molar-refractivity contribution < 1.29 is 22.7 Å². The van der Waals surface area contributed by atoms with Gasteiger partial charge in [-0.15, -0.1) is 0 Å². The molecule has 2 aromatic rings. The van der Waals surface area contributed by atoms with Crippen LogP contribution in [0.1, 0.15) is 38.7 Å². The number of rotatable bonds is 13. The zero-order valence-corrected chi connectivity index (χ0v) is 22.2. The number of carbonyl (C=O) groups is 2. The molecule has 1 N–H and O–H groups in total. The fourth-order valence-electron chi connectivity index (χ4n) is 3.62. The van der Waals surface area contributed by atoms with Gasteiger partial charge in [0.15, 0.2) is 0 Å². The lowest BCUT2D eigenvalue weighted by Crippen LogP contribution is -2.52. The molecule has 192 valence electrons. The molecule has 0 saturated heterocycles. The first kappa shape index (κ1) is 28.5. The van der Waals surface area contributed by atoms with Gasteiger partial charge in [-0.25, -0.2) is 8.42 Å². The first-order chi connectivity index (χ1) is 16.6. The molecule has 0 aliphatic carbocycles. The van der Waals surface area contributed by atoms with Crippen molar-refractivity contribution >= 4 is 39.1 Å². The molecule has 0 unspecified atom stereocenters. The maximum absolute atomic E-state index is 13.6. The fraction of sp³-hybridized carbons (Fsp3) is 0.440. The van der Waals surface area contributed by atoms with E-state index >= 15 is 0 Å². The summed E-state index contributed by atoms with van der Waals surface area (Å²) in [6.07, 6.45) is 3.13. The molecule has 1 atom stereocenters. The molecule has 0 heterocycles. The highest BCUT2D eigenvalue weighted by atomic mass is 35.5. The number of unbranched alkanes of at least 4 members (excludes halogenated alkanes) is 1. The number of sulfonamides is 1. The van der Waals surface area contributed by atoms with Crippen molar-refractivity contribution in [1.29, 1.82) is 0 Å².